The fourth-order valence-corrected chi connectivity index (χ4v) is 1.71. The van der Waals surface area contributed by atoms with E-state index in [9.17, 15) is 0 Å². The van der Waals surface area contributed by atoms with Crippen molar-refractivity contribution in [3.63, 3.8) is 0 Å². The molecule has 1 unspecified atom stereocenters. The summed E-state index contributed by atoms with van der Waals surface area (Å²) in [5.74, 6) is 0.982. The summed E-state index contributed by atoms with van der Waals surface area (Å²) < 4.78 is 1.81. The summed E-state index contributed by atoms with van der Waals surface area (Å²) in [5, 5.41) is 4.07. The minimum atomic E-state index is -0.114. The molecule has 1 heterocycles. The van der Waals surface area contributed by atoms with Crippen LogP contribution in [0.25, 0.3) is 0 Å². The van der Waals surface area contributed by atoms with E-state index in [1.807, 2.05) is 11.7 Å². The van der Waals surface area contributed by atoms with Gasteiger partial charge in [-0.1, -0.05) is 26.7 Å². The molecule has 4 nitrogen and oxygen atoms in total. The van der Waals surface area contributed by atoms with E-state index >= 15 is 0 Å². The Kier molecular flexibility index (Phi) is 4.27. The van der Waals surface area contributed by atoms with Crippen LogP contribution in [0.4, 0.5) is 0 Å². The van der Waals surface area contributed by atoms with Gasteiger partial charge in [-0.15, -0.1) is 0 Å². The van der Waals surface area contributed by atoms with E-state index in [1.54, 1.807) is 6.33 Å². The summed E-state index contributed by atoms with van der Waals surface area (Å²) in [6, 6.07) is 0. The average Bonchev–Trinajstić information content (AvgIpc) is 2.61. The number of rotatable bonds is 6. The molecule has 0 radical (unpaired) electrons. The lowest BCUT2D eigenvalue weighted by atomic mass is 9.87. The Morgan fingerprint density at radius 2 is 2.20 bits per heavy atom. The molecular formula is C11H22N4. The highest BCUT2D eigenvalue weighted by molar-refractivity contribution is 4.96. The Labute approximate surface area is 91.9 Å². The predicted molar refractivity (Wildman–Crippen MR) is 61.4 cm³/mol. The number of nitrogens with two attached hydrogens (primary N) is 1. The minimum absolute atomic E-state index is 0.114. The highest BCUT2D eigenvalue weighted by Gasteiger charge is 2.24. The molecule has 0 fully saturated rings. The average molecular weight is 210 g/mol. The van der Waals surface area contributed by atoms with Gasteiger partial charge in [0.15, 0.2) is 0 Å². The number of hydrogen-bond donors (Lipinski definition) is 1. The number of hydrogen-bond acceptors (Lipinski definition) is 3. The Balaban J connectivity index is 2.63. The van der Waals surface area contributed by atoms with Gasteiger partial charge in [0.2, 0.25) is 0 Å². The minimum Gasteiger partial charge on any atom is -0.325 e. The van der Waals surface area contributed by atoms with Crippen molar-refractivity contribution in [1.29, 1.82) is 0 Å². The van der Waals surface area contributed by atoms with Gasteiger partial charge in [-0.2, -0.15) is 5.10 Å². The molecule has 1 atom stereocenters. The summed E-state index contributed by atoms with van der Waals surface area (Å²) in [5.41, 5.74) is 6.25. The Morgan fingerprint density at radius 1 is 1.47 bits per heavy atom. The molecule has 2 N–H and O–H groups in total. The molecule has 0 aliphatic carbocycles. The van der Waals surface area contributed by atoms with Crippen LogP contribution < -0.4 is 5.73 Å². The second-order valence-electron chi connectivity index (χ2n) is 4.30. The maximum absolute atomic E-state index is 6.36. The van der Waals surface area contributed by atoms with Crippen molar-refractivity contribution in [3.05, 3.63) is 12.2 Å². The molecule has 0 aromatic carbocycles. The third-order valence-electron chi connectivity index (χ3n) is 3.05. The molecule has 0 saturated carbocycles. The SMILES string of the molecule is CCCCC(N)(CC)Cc1ncnn1C. The number of nitrogens with zero attached hydrogens (tertiary/aromatic N) is 3. The van der Waals surface area contributed by atoms with Gasteiger partial charge >= 0.3 is 0 Å². The van der Waals surface area contributed by atoms with Gasteiger partial charge in [0, 0.05) is 19.0 Å². The second kappa shape index (κ2) is 5.26. The monoisotopic (exact) mass is 210 g/mol. The van der Waals surface area contributed by atoms with Gasteiger partial charge in [-0.25, -0.2) is 4.98 Å². The molecule has 0 bridgehead atoms. The van der Waals surface area contributed by atoms with Crippen LogP contribution in [0, 0.1) is 0 Å². The largest absolute Gasteiger partial charge is 0.325 e. The van der Waals surface area contributed by atoms with E-state index in [0.29, 0.717) is 0 Å². The Hall–Kier alpha value is -0.900. The van der Waals surface area contributed by atoms with Gasteiger partial charge in [-0.3, -0.25) is 4.68 Å². The smallest absolute Gasteiger partial charge is 0.138 e. The van der Waals surface area contributed by atoms with Crippen molar-refractivity contribution in [2.75, 3.05) is 0 Å². The third-order valence-corrected chi connectivity index (χ3v) is 3.05. The van der Waals surface area contributed by atoms with E-state index in [4.69, 9.17) is 5.73 Å². The number of aromatic nitrogens is 3. The quantitative estimate of drug-likeness (QED) is 0.776. The molecule has 0 spiro atoms. The van der Waals surface area contributed by atoms with Crippen LogP contribution in [0.15, 0.2) is 6.33 Å². The standard InChI is InChI=1S/C11H22N4/c1-4-6-7-11(12,5-2)8-10-13-9-14-15(10)3/h9H,4-8,12H2,1-3H3. The molecule has 4 heteroatoms. The topological polar surface area (TPSA) is 56.7 Å². The first-order chi connectivity index (χ1) is 7.11. The van der Waals surface area contributed by atoms with Crippen LogP contribution in [0.1, 0.15) is 45.4 Å². The predicted octanol–water partition coefficient (Wildman–Crippen LogP) is 1.66. The molecular weight excluding hydrogens is 188 g/mol. The van der Waals surface area contributed by atoms with Crippen molar-refractivity contribution in [2.45, 2.75) is 51.5 Å². The Bertz CT molecular complexity index is 295. The maximum atomic E-state index is 6.36. The summed E-state index contributed by atoms with van der Waals surface area (Å²) in [4.78, 5) is 4.23. The second-order valence-corrected chi connectivity index (χ2v) is 4.30. The summed E-state index contributed by atoms with van der Waals surface area (Å²) in [6.45, 7) is 4.34. The number of unbranched alkanes of at least 4 members (excludes halogenated alkanes) is 1. The van der Waals surface area contributed by atoms with Gasteiger partial charge < -0.3 is 5.73 Å². The Morgan fingerprint density at radius 3 is 2.67 bits per heavy atom. The molecule has 86 valence electrons. The van der Waals surface area contributed by atoms with Crippen molar-refractivity contribution in [2.24, 2.45) is 12.8 Å². The first-order valence-corrected chi connectivity index (χ1v) is 5.73. The van der Waals surface area contributed by atoms with Crippen LogP contribution in [0.3, 0.4) is 0 Å². The molecule has 1 aromatic heterocycles. The molecule has 0 amide bonds. The zero-order valence-corrected chi connectivity index (χ0v) is 10.0. The fourth-order valence-electron chi connectivity index (χ4n) is 1.71. The highest BCUT2D eigenvalue weighted by atomic mass is 15.3. The highest BCUT2D eigenvalue weighted by Crippen LogP contribution is 2.19. The first kappa shape index (κ1) is 12.2. The molecule has 1 rings (SSSR count). The van der Waals surface area contributed by atoms with Gasteiger partial charge in [0.05, 0.1) is 0 Å². The fraction of sp³-hybridized carbons (Fsp3) is 0.818. The summed E-state index contributed by atoms with van der Waals surface area (Å²) >= 11 is 0. The lowest BCUT2D eigenvalue weighted by molar-refractivity contribution is 0.353. The maximum Gasteiger partial charge on any atom is 0.138 e. The van der Waals surface area contributed by atoms with Gasteiger partial charge in [-0.05, 0) is 12.8 Å². The lowest BCUT2D eigenvalue weighted by Gasteiger charge is -2.27. The van der Waals surface area contributed by atoms with Crippen LogP contribution in [0.2, 0.25) is 0 Å². The zero-order valence-electron chi connectivity index (χ0n) is 10.0. The van der Waals surface area contributed by atoms with Crippen LogP contribution in [0.5, 0.6) is 0 Å². The summed E-state index contributed by atoms with van der Waals surface area (Å²) in [7, 11) is 1.91. The molecule has 1 aromatic rings. The van der Waals surface area contributed by atoms with Crippen LogP contribution in [-0.4, -0.2) is 20.3 Å². The van der Waals surface area contributed by atoms with Gasteiger partial charge in [0.25, 0.3) is 0 Å². The van der Waals surface area contributed by atoms with Crippen LogP contribution in [-0.2, 0) is 13.5 Å². The molecule has 0 aliphatic rings. The zero-order chi connectivity index (χ0) is 11.3. The first-order valence-electron chi connectivity index (χ1n) is 5.73. The third kappa shape index (κ3) is 3.30. The number of aryl methyl sites for hydroxylation is 1. The van der Waals surface area contributed by atoms with Crippen molar-refractivity contribution >= 4 is 0 Å². The molecule has 0 aliphatic heterocycles. The van der Waals surface area contributed by atoms with E-state index in [2.05, 4.69) is 23.9 Å². The van der Waals surface area contributed by atoms with E-state index in [0.717, 1.165) is 25.1 Å². The van der Waals surface area contributed by atoms with E-state index in [-0.39, 0.29) is 5.54 Å². The van der Waals surface area contributed by atoms with E-state index < -0.39 is 0 Å². The summed E-state index contributed by atoms with van der Waals surface area (Å²) in [6.07, 6.45) is 6.83. The van der Waals surface area contributed by atoms with Crippen molar-refractivity contribution in [3.8, 4) is 0 Å². The van der Waals surface area contributed by atoms with Crippen LogP contribution >= 0.6 is 0 Å². The van der Waals surface area contributed by atoms with Gasteiger partial charge in [0.1, 0.15) is 12.2 Å². The lowest BCUT2D eigenvalue weighted by Crippen LogP contribution is -2.42. The van der Waals surface area contributed by atoms with Crippen molar-refractivity contribution < 1.29 is 0 Å². The van der Waals surface area contributed by atoms with E-state index in [1.165, 1.54) is 12.8 Å². The molecule has 15 heavy (non-hydrogen) atoms. The van der Waals surface area contributed by atoms with Crippen molar-refractivity contribution in [1.82, 2.24) is 14.8 Å². The normalized spacial score (nSPS) is 15.2. The molecule has 0 saturated heterocycles.